The minimum atomic E-state index is -1.36. The summed E-state index contributed by atoms with van der Waals surface area (Å²) < 4.78 is 15.8. The second kappa shape index (κ2) is 6.08. The minimum absolute atomic E-state index is 0.376. The highest BCUT2D eigenvalue weighted by atomic mass is 16.5. The Kier molecular flexibility index (Phi) is 4.55. The smallest absolute Gasteiger partial charge is 0.336 e. The molecule has 0 amide bonds. The van der Waals surface area contributed by atoms with E-state index >= 15 is 0 Å². The van der Waals surface area contributed by atoms with Crippen molar-refractivity contribution in [2.45, 2.75) is 31.7 Å². The fourth-order valence-electron chi connectivity index (χ4n) is 2.31. The SMILES string of the molecule is COc1cc2oc(=O)ccc2cc1[C@H](OC)[C@@H](O)C(C)(C)O. The quantitative estimate of drug-likeness (QED) is 0.816. The molecule has 6 heteroatoms. The van der Waals surface area contributed by atoms with E-state index in [0.717, 1.165) is 0 Å². The number of hydrogen-bond acceptors (Lipinski definition) is 6. The first-order valence-electron chi connectivity index (χ1n) is 6.83. The van der Waals surface area contributed by atoms with Crippen molar-refractivity contribution in [2.75, 3.05) is 14.2 Å². The van der Waals surface area contributed by atoms with Crippen molar-refractivity contribution in [3.05, 3.63) is 40.2 Å². The van der Waals surface area contributed by atoms with Gasteiger partial charge in [-0.25, -0.2) is 4.79 Å². The van der Waals surface area contributed by atoms with Gasteiger partial charge in [-0.05, 0) is 26.0 Å². The Morgan fingerprint density at radius 3 is 2.45 bits per heavy atom. The van der Waals surface area contributed by atoms with Crippen LogP contribution in [-0.2, 0) is 4.74 Å². The van der Waals surface area contributed by atoms with E-state index in [1.807, 2.05) is 0 Å². The number of aliphatic hydroxyl groups is 2. The highest BCUT2D eigenvalue weighted by molar-refractivity contribution is 5.79. The van der Waals surface area contributed by atoms with Crippen LogP contribution in [0, 0.1) is 0 Å². The summed E-state index contributed by atoms with van der Waals surface area (Å²) in [6, 6.07) is 6.20. The topological polar surface area (TPSA) is 89.1 Å². The summed E-state index contributed by atoms with van der Waals surface area (Å²) in [5, 5.41) is 21.0. The summed E-state index contributed by atoms with van der Waals surface area (Å²) in [5.41, 5.74) is -0.882. The highest BCUT2D eigenvalue weighted by Crippen LogP contribution is 2.36. The molecule has 0 saturated heterocycles. The molecule has 120 valence electrons. The Hall–Kier alpha value is -1.89. The van der Waals surface area contributed by atoms with Gasteiger partial charge in [0.25, 0.3) is 0 Å². The number of fused-ring (bicyclic) bond motifs is 1. The molecule has 0 spiro atoms. The van der Waals surface area contributed by atoms with Crippen molar-refractivity contribution >= 4 is 11.0 Å². The Bertz CT molecular complexity index is 713. The molecule has 2 N–H and O–H groups in total. The molecule has 6 nitrogen and oxygen atoms in total. The summed E-state index contributed by atoms with van der Waals surface area (Å²) in [6.07, 6.45) is -1.97. The van der Waals surface area contributed by atoms with Gasteiger partial charge in [0.05, 0.1) is 12.7 Å². The first-order chi connectivity index (χ1) is 10.3. The van der Waals surface area contributed by atoms with Crippen molar-refractivity contribution in [1.82, 2.24) is 0 Å². The molecule has 22 heavy (non-hydrogen) atoms. The van der Waals surface area contributed by atoms with Gasteiger partial charge in [-0.2, -0.15) is 0 Å². The monoisotopic (exact) mass is 308 g/mol. The van der Waals surface area contributed by atoms with Gasteiger partial charge in [0.2, 0.25) is 0 Å². The number of ether oxygens (including phenoxy) is 2. The molecule has 1 aromatic carbocycles. The molecule has 0 fully saturated rings. The van der Waals surface area contributed by atoms with E-state index in [0.29, 0.717) is 22.3 Å². The molecule has 1 aromatic heterocycles. The number of rotatable bonds is 5. The van der Waals surface area contributed by atoms with E-state index in [1.54, 1.807) is 18.2 Å². The van der Waals surface area contributed by atoms with Crippen LogP contribution >= 0.6 is 0 Å². The van der Waals surface area contributed by atoms with E-state index in [2.05, 4.69) is 0 Å². The molecule has 2 aromatic rings. The minimum Gasteiger partial charge on any atom is -0.496 e. The Morgan fingerprint density at radius 2 is 1.91 bits per heavy atom. The highest BCUT2D eigenvalue weighted by Gasteiger charge is 2.35. The molecule has 0 aliphatic rings. The van der Waals surface area contributed by atoms with Gasteiger partial charge < -0.3 is 24.1 Å². The molecular weight excluding hydrogens is 288 g/mol. The van der Waals surface area contributed by atoms with Gasteiger partial charge in [-0.15, -0.1) is 0 Å². The van der Waals surface area contributed by atoms with Crippen molar-refractivity contribution in [3.63, 3.8) is 0 Å². The van der Waals surface area contributed by atoms with Crippen LogP contribution in [0.1, 0.15) is 25.5 Å². The van der Waals surface area contributed by atoms with Gasteiger partial charge >= 0.3 is 5.63 Å². The zero-order valence-electron chi connectivity index (χ0n) is 13.0. The zero-order chi connectivity index (χ0) is 16.5. The Labute approximate surface area is 127 Å². The first-order valence-corrected chi connectivity index (χ1v) is 6.83. The molecule has 1 heterocycles. The standard InChI is InChI=1S/C16H20O6/c1-16(2,19)15(18)14(21-4)10-7-9-5-6-13(17)22-11(9)8-12(10)20-3/h5-8,14-15,18-19H,1-4H3/t14-,15+/m0/s1. The average Bonchev–Trinajstić information content (AvgIpc) is 2.46. The Morgan fingerprint density at radius 1 is 1.23 bits per heavy atom. The number of benzene rings is 1. The Balaban J connectivity index is 2.61. The fourth-order valence-corrected chi connectivity index (χ4v) is 2.31. The first kappa shape index (κ1) is 16.5. The molecule has 2 atom stereocenters. The molecule has 2 rings (SSSR count). The van der Waals surface area contributed by atoms with Gasteiger partial charge in [-0.3, -0.25) is 0 Å². The van der Waals surface area contributed by atoms with Crippen molar-refractivity contribution in [3.8, 4) is 5.75 Å². The summed E-state index contributed by atoms with van der Waals surface area (Å²) in [6.45, 7) is 2.99. The second-order valence-electron chi connectivity index (χ2n) is 5.64. The zero-order valence-corrected chi connectivity index (χ0v) is 13.0. The number of aliphatic hydroxyl groups excluding tert-OH is 1. The van der Waals surface area contributed by atoms with E-state index in [4.69, 9.17) is 13.9 Å². The lowest BCUT2D eigenvalue weighted by Crippen LogP contribution is -2.41. The summed E-state index contributed by atoms with van der Waals surface area (Å²) in [4.78, 5) is 11.3. The molecule has 0 aliphatic heterocycles. The molecule has 0 radical (unpaired) electrons. The third-order valence-electron chi connectivity index (χ3n) is 3.54. The van der Waals surface area contributed by atoms with Gasteiger partial charge in [0.1, 0.15) is 23.5 Å². The fraction of sp³-hybridized carbons (Fsp3) is 0.438. The van der Waals surface area contributed by atoms with Crippen LogP contribution in [-0.4, -0.2) is 36.1 Å². The van der Waals surface area contributed by atoms with Gasteiger partial charge in [0, 0.05) is 30.2 Å². The maximum Gasteiger partial charge on any atom is 0.336 e. The predicted molar refractivity (Wildman–Crippen MR) is 81.1 cm³/mol. The second-order valence-corrected chi connectivity index (χ2v) is 5.64. The normalized spacial score (nSPS) is 14.8. The van der Waals surface area contributed by atoms with Gasteiger partial charge in [0.15, 0.2) is 0 Å². The van der Waals surface area contributed by atoms with Crippen LogP contribution in [0.5, 0.6) is 5.75 Å². The van der Waals surface area contributed by atoms with Crippen LogP contribution < -0.4 is 10.4 Å². The van der Waals surface area contributed by atoms with Crippen LogP contribution in [0.3, 0.4) is 0 Å². The summed E-state index contributed by atoms with van der Waals surface area (Å²) in [5.74, 6) is 0.400. The lowest BCUT2D eigenvalue weighted by atomic mass is 9.91. The van der Waals surface area contributed by atoms with Crippen LogP contribution in [0.25, 0.3) is 11.0 Å². The van der Waals surface area contributed by atoms with E-state index in [-0.39, 0.29) is 0 Å². The molecular formula is C16H20O6. The van der Waals surface area contributed by atoms with Crippen LogP contribution in [0.15, 0.2) is 33.5 Å². The lowest BCUT2D eigenvalue weighted by Gasteiger charge is -2.31. The van der Waals surface area contributed by atoms with Crippen molar-refractivity contribution < 1.29 is 24.1 Å². The largest absolute Gasteiger partial charge is 0.496 e. The maximum absolute atomic E-state index is 11.3. The van der Waals surface area contributed by atoms with E-state index in [9.17, 15) is 15.0 Å². The maximum atomic E-state index is 11.3. The molecule has 0 aliphatic carbocycles. The lowest BCUT2D eigenvalue weighted by molar-refractivity contribution is -0.119. The third-order valence-corrected chi connectivity index (χ3v) is 3.54. The molecule has 0 bridgehead atoms. The van der Waals surface area contributed by atoms with Crippen molar-refractivity contribution in [2.24, 2.45) is 0 Å². The van der Waals surface area contributed by atoms with Crippen LogP contribution in [0.2, 0.25) is 0 Å². The summed E-state index contributed by atoms with van der Waals surface area (Å²) >= 11 is 0. The van der Waals surface area contributed by atoms with Gasteiger partial charge in [-0.1, -0.05) is 0 Å². The van der Waals surface area contributed by atoms with Crippen LogP contribution in [0.4, 0.5) is 0 Å². The predicted octanol–water partition coefficient (Wildman–Crippen LogP) is 1.62. The third kappa shape index (κ3) is 3.14. The van der Waals surface area contributed by atoms with Crippen molar-refractivity contribution in [1.29, 1.82) is 0 Å². The average molecular weight is 308 g/mol. The summed E-state index contributed by atoms with van der Waals surface area (Å²) in [7, 11) is 2.91. The molecule has 0 unspecified atom stereocenters. The number of hydrogen-bond donors (Lipinski definition) is 2. The number of methoxy groups -OCH3 is 2. The van der Waals surface area contributed by atoms with E-state index < -0.39 is 23.4 Å². The molecule has 0 saturated carbocycles. The van der Waals surface area contributed by atoms with E-state index in [1.165, 1.54) is 34.1 Å².